The summed E-state index contributed by atoms with van der Waals surface area (Å²) >= 11 is 1.92. The second kappa shape index (κ2) is 9.08. The van der Waals surface area contributed by atoms with Gasteiger partial charge in [-0.3, -0.25) is 9.69 Å². The van der Waals surface area contributed by atoms with Crippen LogP contribution in [0.4, 0.5) is 0 Å². The molecule has 0 bridgehead atoms. The normalized spacial score (nSPS) is 27.3. The molecule has 30 heavy (non-hydrogen) atoms. The van der Waals surface area contributed by atoms with Crippen molar-refractivity contribution >= 4 is 28.4 Å². The lowest BCUT2D eigenvalue weighted by Gasteiger charge is -2.47. The maximum absolute atomic E-state index is 12.6. The summed E-state index contributed by atoms with van der Waals surface area (Å²) in [5.74, 6) is 4.09. The number of rotatable bonds is 7. The van der Waals surface area contributed by atoms with E-state index >= 15 is 0 Å². The third kappa shape index (κ3) is 3.98. The number of fused-ring (bicyclic) bond motifs is 2. The second-order valence-corrected chi connectivity index (χ2v) is 10.9. The van der Waals surface area contributed by atoms with Crippen LogP contribution in [0, 0.1) is 11.8 Å². The number of likely N-dealkylation sites (tertiary alicyclic amines) is 1. The molecular weight excluding hydrogens is 388 g/mol. The number of piperidine rings is 1. The lowest BCUT2D eigenvalue weighted by Crippen LogP contribution is -2.50. The lowest BCUT2D eigenvalue weighted by atomic mass is 9.72. The minimum absolute atomic E-state index is 0.363. The van der Waals surface area contributed by atoms with E-state index in [0.29, 0.717) is 29.6 Å². The molecule has 1 saturated heterocycles. The van der Waals surface area contributed by atoms with Gasteiger partial charge >= 0.3 is 0 Å². The zero-order valence-electron chi connectivity index (χ0n) is 18.4. The van der Waals surface area contributed by atoms with Gasteiger partial charge < -0.3 is 4.98 Å². The van der Waals surface area contributed by atoms with Crippen LogP contribution in [0.5, 0.6) is 0 Å². The minimum Gasteiger partial charge on any atom is -0.361 e. The quantitative estimate of drug-likeness (QED) is 0.611. The molecule has 5 rings (SSSR count). The van der Waals surface area contributed by atoms with Gasteiger partial charge in [-0.15, -0.1) is 0 Å². The monoisotopic (exact) mass is 424 g/mol. The molecule has 0 amide bonds. The number of nitrogens with zero attached hydrogens (tertiary/aromatic N) is 1. The number of hydrogen-bond acceptors (Lipinski definition) is 3. The molecule has 1 saturated carbocycles. The zero-order valence-corrected chi connectivity index (χ0v) is 19.2. The van der Waals surface area contributed by atoms with E-state index in [-0.39, 0.29) is 0 Å². The fraction of sp³-hybridized carbons (Fsp3) is 0.654. The third-order valence-electron chi connectivity index (χ3n) is 7.83. The van der Waals surface area contributed by atoms with Gasteiger partial charge in [0.15, 0.2) is 0 Å². The average molecular weight is 425 g/mol. The second-order valence-electron chi connectivity index (χ2n) is 9.87. The summed E-state index contributed by atoms with van der Waals surface area (Å²) in [7, 11) is 0. The maximum atomic E-state index is 12.6. The SMILES string of the molecule is CCCN1C[C@H](CSCC(=O)C2CCCCC2)C[C@@H]2c3cccc4[nH]cc(c34)C[C@H]21. The van der Waals surface area contributed by atoms with Gasteiger partial charge in [-0.05, 0) is 67.5 Å². The van der Waals surface area contributed by atoms with E-state index < -0.39 is 0 Å². The Morgan fingerprint density at radius 1 is 1.23 bits per heavy atom. The molecule has 3 atom stereocenters. The Kier molecular flexibility index (Phi) is 6.24. The summed E-state index contributed by atoms with van der Waals surface area (Å²) in [6.45, 7) is 4.70. The number of Topliss-reactive ketones (excluding diaryl/α,β-unsaturated/α-hetero) is 1. The largest absolute Gasteiger partial charge is 0.361 e. The van der Waals surface area contributed by atoms with Gasteiger partial charge in [0, 0.05) is 41.5 Å². The number of hydrogen-bond donors (Lipinski definition) is 1. The molecule has 0 spiro atoms. The van der Waals surface area contributed by atoms with E-state index in [1.165, 1.54) is 68.1 Å². The molecule has 1 aromatic heterocycles. The van der Waals surface area contributed by atoms with Crippen molar-refractivity contribution in [2.75, 3.05) is 24.6 Å². The number of carbonyl (C=O) groups excluding carboxylic acids is 1. The van der Waals surface area contributed by atoms with Crippen LogP contribution >= 0.6 is 11.8 Å². The third-order valence-corrected chi connectivity index (χ3v) is 9.03. The molecule has 2 fully saturated rings. The number of aromatic amines is 1. The topological polar surface area (TPSA) is 36.1 Å². The van der Waals surface area contributed by atoms with Crippen molar-refractivity contribution < 1.29 is 4.79 Å². The molecule has 162 valence electrons. The molecule has 2 aliphatic carbocycles. The van der Waals surface area contributed by atoms with Crippen molar-refractivity contribution in [3.63, 3.8) is 0 Å². The van der Waals surface area contributed by atoms with Crippen molar-refractivity contribution in [3.05, 3.63) is 35.5 Å². The van der Waals surface area contributed by atoms with Gasteiger partial charge in [0.1, 0.15) is 5.78 Å². The van der Waals surface area contributed by atoms with Gasteiger partial charge in [0.25, 0.3) is 0 Å². The number of thioether (sulfide) groups is 1. The molecule has 2 heterocycles. The molecule has 2 aromatic rings. The maximum Gasteiger partial charge on any atom is 0.145 e. The Labute approximate surface area is 185 Å². The standard InChI is InChI=1S/C26H36N2OS/c1-2-11-28-15-18(16-30-17-25(29)19-7-4-3-5-8-19)12-22-21-9-6-10-23-26(21)20(14-27-23)13-24(22)28/h6,9-10,14,18-19,22,24,27H,2-5,7-8,11-13,15-17H2,1H3/t18-,22-,24-/m1/s1. The number of aromatic nitrogens is 1. The Bertz CT molecular complexity index is 884. The van der Waals surface area contributed by atoms with Crippen LogP contribution < -0.4 is 0 Å². The summed E-state index contributed by atoms with van der Waals surface area (Å²) in [6.07, 6.45) is 12.0. The lowest BCUT2D eigenvalue weighted by molar-refractivity contribution is -0.121. The Balaban J connectivity index is 1.27. The fourth-order valence-electron chi connectivity index (χ4n) is 6.43. The number of ketones is 1. The molecule has 1 N–H and O–H groups in total. The molecule has 0 radical (unpaired) electrons. The smallest absolute Gasteiger partial charge is 0.145 e. The van der Waals surface area contributed by atoms with Crippen LogP contribution in [0.15, 0.2) is 24.4 Å². The molecule has 4 heteroatoms. The summed E-state index contributed by atoms with van der Waals surface area (Å²) in [5.41, 5.74) is 4.38. The molecule has 3 aliphatic rings. The van der Waals surface area contributed by atoms with Crippen molar-refractivity contribution in [2.24, 2.45) is 11.8 Å². The number of nitrogens with one attached hydrogen (secondary N) is 1. The Morgan fingerprint density at radius 3 is 2.93 bits per heavy atom. The first kappa shape index (κ1) is 20.6. The van der Waals surface area contributed by atoms with E-state index in [9.17, 15) is 4.79 Å². The highest BCUT2D eigenvalue weighted by Gasteiger charge is 2.40. The van der Waals surface area contributed by atoms with Crippen LogP contribution in [-0.4, -0.2) is 46.3 Å². The Hall–Kier alpha value is -1.26. The first-order chi connectivity index (χ1) is 14.7. The van der Waals surface area contributed by atoms with Gasteiger partial charge in [-0.2, -0.15) is 11.8 Å². The first-order valence-corrected chi connectivity index (χ1v) is 13.3. The molecule has 1 aliphatic heterocycles. The van der Waals surface area contributed by atoms with Gasteiger partial charge in [-0.25, -0.2) is 0 Å². The van der Waals surface area contributed by atoms with E-state index in [1.807, 2.05) is 11.8 Å². The predicted octanol–water partition coefficient (Wildman–Crippen LogP) is 5.79. The Morgan fingerprint density at radius 2 is 2.10 bits per heavy atom. The fourth-order valence-corrected chi connectivity index (χ4v) is 7.56. The van der Waals surface area contributed by atoms with Crippen LogP contribution in [0.3, 0.4) is 0 Å². The van der Waals surface area contributed by atoms with E-state index in [4.69, 9.17) is 0 Å². The van der Waals surface area contributed by atoms with Gasteiger partial charge in [0.05, 0.1) is 5.75 Å². The van der Waals surface area contributed by atoms with Gasteiger partial charge in [0.2, 0.25) is 0 Å². The summed E-state index contributed by atoms with van der Waals surface area (Å²) in [6, 6.07) is 7.47. The highest BCUT2D eigenvalue weighted by Crippen LogP contribution is 2.45. The van der Waals surface area contributed by atoms with Crippen LogP contribution in [-0.2, 0) is 11.2 Å². The predicted molar refractivity (Wildman–Crippen MR) is 127 cm³/mol. The molecule has 0 unspecified atom stereocenters. The minimum atomic E-state index is 0.363. The highest BCUT2D eigenvalue weighted by atomic mass is 32.2. The first-order valence-electron chi connectivity index (χ1n) is 12.2. The van der Waals surface area contributed by atoms with Crippen molar-refractivity contribution in [2.45, 2.75) is 70.3 Å². The number of benzene rings is 1. The van der Waals surface area contributed by atoms with Crippen LogP contribution in [0.25, 0.3) is 10.9 Å². The molecule has 3 nitrogen and oxygen atoms in total. The average Bonchev–Trinajstić information content (AvgIpc) is 3.19. The van der Waals surface area contributed by atoms with Crippen LogP contribution in [0.1, 0.15) is 68.9 Å². The highest BCUT2D eigenvalue weighted by molar-refractivity contribution is 7.99. The van der Waals surface area contributed by atoms with E-state index in [1.54, 1.807) is 5.56 Å². The summed E-state index contributed by atoms with van der Waals surface area (Å²) in [4.78, 5) is 18.9. The van der Waals surface area contributed by atoms with Crippen molar-refractivity contribution in [3.8, 4) is 0 Å². The van der Waals surface area contributed by atoms with Crippen molar-refractivity contribution in [1.82, 2.24) is 9.88 Å². The molecular formula is C26H36N2OS. The van der Waals surface area contributed by atoms with Gasteiger partial charge in [-0.1, -0.05) is 38.3 Å². The van der Waals surface area contributed by atoms with E-state index in [0.717, 1.165) is 24.3 Å². The van der Waals surface area contributed by atoms with Crippen molar-refractivity contribution in [1.29, 1.82) is 0 Å². The van der Waals surface area contributed by atoms with E-state index in [2.05, 4.69) is 41.2 Å². The number of H-pyrrole nitrogens is 1. The zero-order chi connectivity index (χ0) is 20.5. The van der Waals surface area contributed by atoms with Crippen LogP contribution in [0.2, 0.25) is 0 Å². The number of carbonyl (C=O) groups is 1. The summed E-state index contributed by atoms with van der Waals surface area (Å²) in [5, 5.41) is 1.50. The molecule has 1 aromatic carbocycles. The summed E-state index contributed by atoms with van der Waals surface area (Å²) < 4.78 is 0.